The number of carbonyl (C=O) groups excluding carboxylic acids is 1. The van der Waals surface area contributed by atoms with Crippen LogP contribution >= 0.6 is 0 Å². The second-order valence-corrected chi connectivity index (χ2v) is 6.90. The number of hydrogen-bond donors (Lipinski definition) is 1. The molecule has 0 aliphatic carbocycles. The second kappa shape index (κ2) is 8.81. The Bertz CT molecular complexity index is 653. The summed E-state index contributed by atoms with van der Waals surface area (Å²) in [6.45, 7) is 5.42. The van der Waals surface area contributed by atoms with E-state index in [2.05, 4.69) is 55.5 Å². The van der Waals surface area contributed by atoms with Crippen molar-refractivity contribution in [1.29, 1.82) is 0 Å². The Labute approximate surface area is 155 Å². The molecule has 1 N–H and O–H groups in total. The van der Waals surface area contributed by atoms with Crippen LogP contribution in [0.1, 0.15) is 25.7 Å². The number of nitrogens with zero attached hydrogens (tertiary/aromatic N) is 4. The molecule has 1 saturated heterocycles. The van der Waals surface area contributed by atoms with Crippen LogP contribution in [0.5, 0.6) is 0 Å². The van der Waals surface area contributed by atoms with E-state index in [1.807, 2.05) is 6.07 Å². The van der Waals surface area contributed by atoms with E-state index >= 15 is 0 Å². The number of para-hydroxylation sites is 1. The maximum Gasteiger partial charge on any atom is 0.221 e. The summed E-state index contributed by atoms with van der Waals surface area (Å²) in [6.07, 6.45) is 8.03. The third kappa shape index (κ3) is 5.30. The summed E-state index contributed by atoms with van der Waals surface area (Å²) < 4.78 is 0. The number of anilines is 1. The molecule has 2 aliphatic heterocycles. The molecule has 0 radical (unpaired) electrons. The van der Waals surface area contributed by atoms with E-state index in [0.717, 1.165) is 45.6 Å². The average molecular weight is 353 g/mol. The van der Waals surface area contributed by atoms with Crippen molar-refractivity contribution in [3.05, 3.63) is 30.3 Å². The van der Waals surface area contributed by atoms with E-state index in [0.29, 0.717) is 19.4 Å². The van der Waals surface area contributed by atoms with E-state index in [1.165, 1.54) is 5.69 Å². The fourth-order valence-electron chi connectivity index (χ4n) is 3.29. The number of rotatable bonds is 9. The van der Waals surface area contributed by atoms with E-state index in [-0.39, 0.29) is 11.6 Å². The largest absolute Gasteiger partial charge is 0.369 e. The normalized spacial score (nSPS) is 18.3. The summed E-state index contributed by atoms with van der Waals surface area (Å²) in [7, 11) is 0. The van der Waals surface area contributed by atoms with Gasteiger partial charge < -0.3 is 10.2 Å². The van der Waals surface area contributed by atoms with Gasteiger partial charge in [-0.1, -0.05) is 18.2 Å². The molecule has 0 bridgehead atoms. The minimum Gasteiger partial charge on any atom is -0.369 e. The molecule has 1 aromatic carbocycles. The minimum absolute atomic E-state index is 0.100. The van der Waals surface area contributed by atoms with Crippen LogP contribution in [0.2, 0.25) is 0 Å². The number of nitrogens with one attached hydrogen (secondary N) is 1. The number of terminal acetylenes is 1. The molecule has 1 fully saturated rings. The number of amides is 1. The van der Waals surface area contributed by atoms with Crippen molar-refractivity contribution in [2.45, 2.75) is 31.3 Å². The Morgan fingerprint density at radius 3 is 2.54 bits per heavy atom. The van der Waals surface area contributed by atoms with Crippen molar-refractivity contribution in [2.24, 2.45) is 10.2 Å². The Morgan fingerprint density at radius 2 is 1.88 bits per heavy atom. The van der Waals surface area contributed by atoms with Crippen LogP contribution < -0.4 is 10.2 Å². The molecule has 2 heterocycles. The number of carbonyl (C=O) groups is 1. The molecule has 138 valence electrons. The van der Waals surface area contributed by atoms with Crippen molar-refractivity contribution >= 4 is 11.6 Å². The monoisotopic (exact) mass is 353 g/mol. The Morgan fingerprint density at radius 1 is 1.15 bits per heavy atom. The average Bonchev–Trinajstić information content (AvgIpc) is 3.46. The predicted octanol–water partition coefficient (Wildman–Crippen LogP) is 2.28. The van der Waals surface area contributed by atoms with Crippen molar-refractivity contribution in [3.8, 4) is 12.3 Å². The zero-order valence-corrected chi connectivity index (χ0v) is 15.2. The second-order valence-electron chi connectivity index (χ2n) is 6.90. The predicted molar refractivity (Wildman–Crippen MR) is 103 cm³/mol. The van der Waals surface area contributed by atoms with Gasteiger partial charge in [-0.25, -0.2) is 0 Å². The zero-order valence-electron chi connectivity index (χ0n) is 15.2. The molecule has 6 heteroatoms. The summed E-state index contributed by atoms with van der Waals surface area (Å²) in [5.74, 6) is 2.72. The highest BCUT2D eigenvalue weighted by Crippen LogP contribution is 2.35. The van der Waals surface area contributed by atoms with Crippen LogP contribution in [0.4, 0.5) is 5.69 Å². The molecule has 0 saturated carbocycles. The van der Waals surface area contributed by atoms with Gasteiger partial charge in [0.2, 0.25) is 5.91 Å². The fraction of sp³-hybridized carbons (Fsp3) is 0.550. The number of benzene rings is 1. The first-order chi connectivity index (χ1) is 12.7. The molecule has 0 spiro atoms. The highest BCUT2D eigenvalue weighted by Gasteiger charge is 2.38. The third-order valence-electron chi connectivity index (χ3n) is 5.05. The van der Waals surface area contributed by atoms with Crippen LogP contribution in [0.15, 0.2) is 40.6 Å². The van der Waals surface area contributed by atoms with Crippen molar-refractivity contribution in [3.63, 3.8) is 0 Å². The molecule has 0 unspecified atom stereocenters. The first-order valence-corrected chi connectivity index (χ1v) is 9.37. The molecule has 3 rings (SSSR count). The lowest BCUT2D eigenvalue weighted by atomic mass is 10.0. The van der Waals surface area contributed by atoms with Crippen LogP contribution in [-0.4, -0.2) is 55.7 Å². The van der Waals surface area contributed by atoms with Crippen molar-refractivity contribution < 1.29 is 4.79 Å². The van der Waals surface area contributed by atoms with Gasteiger partial charge >= 0.3 is 0 Å². The highest BCUT2D eigenvalue weighted by atomic mass is 16.1. The maximum atomic E-state index is 12.1. The Balaban J connectivity index is 1.28. The molecular weight excluding hydrogens is 326 g/mol. The first kappa shape index (κ1) is 18.4. The van der Waals surface area contributed by atoms with Gasteiger partial charge in [0.05, 0.1) is 0 Å². The van der Waals surface area contributed by atoms with Gasteiger partial charge in [0, 0.05) is 70.6 Å². The van der Waals surface area contributed by atoms with Gasteiger partial charge in [-0.05, 0) is 12.1 Å². The molecule has 1 aromatic rings. The summed E-state index contributed by atoms with van der Waals surface area (Å²) >= 11 is 0. The SMILES string of the molecule is C#CCCC1(CCNC(=O)CCN2CCN(c3ccccc3)CC2)N=N1. The van der Waals surface area contributed by atoms with Gasteiger partial charge in [0.1, 0.15) is 0 Å². The molecule has 6 nitrogen and oxygen atoms in total. The summed E-state index contributed by atoms with van der Waals surface area (Å²) in [4.78, 5) is 16.8. The van der Waals surface area contributed by atoms with E-state index in [4.69, 9.17) is 6.42 Å². The summed E-state index contributed by atoms with van der Waals surface area (Å²) in [5, 5.41) is 11.2. The van der Waals surface area contributed by atoms with Crippen LogP contribution in [0, 0.1) is 12.3 Å². The molecule has 0 atom stereocenters. The van der Waals surface area contributed by atoms with Crippen molar-refractivity contribution in [1.82, 2.24) is 10.2 Å². The highest BCUT2D eigenvalue weighted by molar-refractivity contribution is 5.76. The lowest BCUT2D eigenvalue weighted by Crippen LogP contribution is -2.47. The minimum atomic E-state index is -0.312. The number of piperazine rings is 1. The quantitative estimate of drug-likeness (QED) is 0.693. The first-order valence-electron chi connectivity index (χ1n) is 9.37. The molecule has 0 aromatic heterocycles. The van der Waals surface area contributed by atoms with Gasteiger partial charge in [-0.15, -0.1) is 12.3 Å². The third-order valence-corrected chi connectivity index (χ3v) is 5.05. The summed E-state index contributed by atoms with van der Waals surface area (Å²) in [6, 6.07) is 10.5. The van der Waals surface area contributed by atoms with E-state index in [9.17, 15) is 4.79 Å². The van der Waals surface area contributed by atoms with Crippen LogP contribution in [-0.2, 0) is 4.79 Å². The zero-order chi connectivity index (χ0) is 18.2. The van der Waals surface area contributed by atoms with Gasteiger partial charge in [-0.3, -0.25) is 9.69 Å². The van der Waals surface area contributed by atoms with Crippen LogP contribution in [0.25, 0.3) is 0 Å². The summed E-state index contributed by atoms with van der Waals surface area (Å²) in [5.41, 5.74) is 0.965. The fourth-order valence-corrected chi connectivity index (χ4v) is 3.29. The van der Waals surface area contributed by atoms with Gasteiger partial charge in [0.15, 0.2) is 5.66 Å². The molecule has 2 aliphatic rings. The Kier molecular flexibility index (Phi) is 6.24. The topological polar surface area (TPSA) is 60.3 Å². The van der Waals surface area contributed by atoms with Crippen molar-refractivity contribution in [2.75, 3.05) is 44.2 Å². The Hall–Kier alpha value is -2.39. The van der Waals surface area contributed by atoms with Crippen LogP contribution in [0.3, 0.4) is 0 Å². The lowest BCUT2D eigenvalue weighted by molar-refractivity contribution is -0.121. The molecule has 26 heavy (non-hydrogen) atoms. The van der Waals surface area contributed by atoms with E-state index < -0.39 is 0 Å². The molecular formula is C20H27N5O. The van der Waals surface area contributed by atoms with Gasteiger partial charge in [-0.2, -0.15) is 10.2 Å². The molecule has 1 amide bonds. The van der Waals surface area contributed by atoms with Gasteiger partial charge in [0.25, 0.3) is 0 Å². The lowest BCUT2D eigenvalue weighted by Gasteiger charge is -2.36. The van der Waals surface area contributed by atoms with E-state index in [1.54, 1.807) is 0 Å². The maximum absolute atomic E-state index is 12.1. The standard InChI is InChI=1S/C20H27N5O/c1-2-3-10-20(22-23-20)11-12-21-19(26)9-13-24-14-16-25(17-15-24)18-7-5-4-6-8-18/h1,4-8H,3,9-17H2,(H,21,26). The number of hydrogen-bond acceptors (Lipinski definition) is 5. The smallest absolute Gasteiger partial charge is 0.221 e.